The van der Waals surface area contributed by atoms with Crippen LogP contribution in [0.4, 0.5) is 9.93 Å². The summed E-state index contributed by atoms with van der Waals surface area (Å²) in [6.07, 6.45) is 1.35. The van der Waals surface area contributed by atoms with Crippen molar-refractivity contribution >= 4 is 40.1 Å². The van der Waals surface area contributed by atoms with Gasteiger partial charge in [0.1, 0.15) is 0 Å². The highest BCUT2D eigenvalue weighted by Gasteiger charge is 2.24. The van der Waals surface area contributed by atoms with Gasteiger partial charge in [-0.05, 0) is 6.42 Å². The molecule has 0 spiro atoms. The van der Waals surface area contributed by atoms with E-state index in [0.29, 0.717) is 43.4 Å². The number of alkyl halides is 1. The summed E-state index contributed by atoms with van der Waals surface area (Å²) >= 11 is 6.98. The number of hydrogen-bond donors (Lipinski definition) is 1. The number of methoxy groups -OCH3 is 1. The number of ether oxygens (including phenoxy) is 1. The molecule has 2 amide bonds. The fourth-order valence-corrected chi connectivity index (χ4v) is 3.12. The average molecular weight is 318 g/mol. The van der Waals surface area contributed by atoms with Crippen molar-refractivity contribution in [2.75, 3.05) is 24.9 Å². The second kappa shape index (κ2) is 6.90. The summed E-state index contributed by atoms with van der Waals surface area (Å²) in [5.41, 5.74) is 0.947. The normalized spacial score (nSPS) is 13.8. The summed E-state index contributed by atoms with van der Waals surface area (Å²) in [7, 11) is 1.31. The lowest BCUT2D eigenvalue weighted by molar-refractivity contribution is -0.132. The van der Waals surface area contributed by atoms with E-state index in [1.807, 2.05) is 4.90 Å². The Balaban J connectivity index is 1.99. The van der Waals surface area contributed by atoms with E-state index in [-0.39, 0.29) is 5.91 Å². The monoisotopic (exact) mass is 317 g/mol. The van der Waals surface area contributed by atoms with Gasteiger partial charge in [-0.2, -0.15) is 0 Å². The highest BCUT2D eigenvalue weighted by Crippen LogP contribution is 2.28. The fraction of sp³-hybridized carbons (Fsp3) is 0.583. The van der Waals surface area contributed by atoms with Crippen LogP contribution in [0.2, 0.25) is 0 Å². The van der Waals surface area contributed by atoms with Crippen molar-refractivity contribution in [3.8, 4) is 0 Å². The van der Waals surface area contributed by atoms with E-state index in [1.165, 1.54) is 18.4 Å². The SMILES string of the molecule is COC(=O)Nc1nc2c(s1)CN(C(=O)CCCCl)CC2. The lowest BCUT2D eigenvalue weighted by atomic mass is 10.1. The van der Waals surface area contributed by atoms with Crippen LogP contribution in [0.5, 0.6) is 0 Å². The Kier molecular flexibility index (Phi) is 5.19. The summed E-state index contributed by atoms with van der Waals surface area (Å²) in [6.45, 7) is 1.21. The van der Waals surface area contributed by atoms with Crippen LogP contribution in [0.25, 0.3) is 0 Å². The number of rotatable bonds is 4. The third-order valence-corrected chi connectivity index (χ3v) is 4.27. The van der Waals surface area contributed by atoms with E-state index in [9.17, 15) is 9.59 Å². The quantitative estimate of drug-likeness (QED) is 0.864. The zero-order valence-corrected chi connectivity index (χ0v) is 12.7. The topological polar surface area (TPSA) is 71.5 Å². The molecule has 0 unspecified atom stereocenters. The van der Waals surface area contributed by atoms with E-state index in [0.717, 1.165) is 10.6 Å². The number of fused-ring (bicyclic) bond motifs is 1. The molecular formula is C12H16ClN3O3S. The Morgan fingerprint density at radius 1 is 1.55 bits per heavy atom. The summed E-state index contributed by atoms with van der Waals surface area (Å²) in [6, 6.07) is 0. The summed E-state index contributed by atoms with van der Waals surface area (Å²) < 4.78 is 4.53. The van der Waals surface area contributed by atoms with E-state index < -0.39 is 6.09 Å². The second-order valence-electron chi connectivity index (χ2n) is 4.36. The van der Waals surface area contributed by atoms with Crippen molar-refractivity contribution in [1.82, 2.24) is 9.88 Å². The fourth-order valence-electron chi connectivity index (χ4n) is 1.98. The van der Waals surface area contributed by atoms with Crippen molar-refractivity contribution in [3.05, 3.63) is 10.6 Å². The Bertz CT molecular complexity index is 506. The first-order chi connectivity index (χ1) is 9.63. The average Bonchev–Trinajstić information content (AvgIpc) is 2.85. The van der Waals surface area contributed by atoms with Crippen LogP contribution in [0.15, 0.2) is 0 Å². The number of aromatic nitrogens is 1. The molecule has 0 aromatic carbocycles. The predicted molar refractivity (Wildman–Crippen MR) is 77.2 cm³/mol. The molecule has 0 saturated heterocycles. The zero-order chi connectivity index (χ0) is 14.5. The van der Waals surface area contributed by atoms with Crippen molar-refractivity contribution in [3.63, 3.8) is 0 Å². The van der Waals surface area contributed by atoms with Crippen molar-refractivity contribution in [2.45, 2.75) is 25.8 Å². The van der Waals surface area contributed by atoms with Crippen molar-refractivity contribution in [2.24, 2.45) is 0 Å². The highest BCUT2D eigenvalue weighted by molar-refractivity contribution is 7.15. The molecule has 0 atom stereocenters. The summed E-state index contributed by atoms with van der Waals surface area (Å²) in [5, 5.41) is 3.06. The van der Waals surface area contributed by atoms with Gasteiger partial charge >= 0.3 is 6.09 Å². The second-order valence-corrected chi connectivity index (χ2v) is 5.82. The molecule has 1 N–H and O–H groups in total. The Hall–Kier alpha value is -1.34. The molecule has 1 aromatic heterocycles. The van der Waals surface area contributed by atoms with E-state index in [2.05, 4.69) is 15.0 Å². The molecule has 2 heterocycles. The van der Waals surface area contributed by atoms with Gasteiger partial charge in [0, 0.05) is 30.1 Å². The minimum atomic E-state index is -0.536. The minimum absolute atomic E-state index is 0.118. The maximum Gasteiger partial charge on any atom is 0.413 e. The molecule has 110 valence electrons. The smallest absolute Gasteiger partial charge is 0.413 e. The number of nitrogens with zero attached hydrogens (tertiary/aromatic N) is 2. The molecule has 1 aliphatic rings. The first-order valence-electron chi connectivity index (χ1n) is 6.31. The van der Waals surface area contributed by atoms with Gasteiger partial charge < -0.3 is 9.64 Å². The number of thiazole rings is 1. The van der Waals surface area contributed by atoms with Gasteiger partial charge in [0.2, 0.25) is 5.91 Å². The Morgan fingerprint density at radius 2 is 2.35 bits per heavy atom. The molecule has 1 aromatic rings. The van der Waals surface area contributed by atoms with Gasteiger partial charge in [-0.3, -0.25) is 10.1 Å². The maximum absolute atomic E-state index is 12.0. The van der Waals surface area contributed by atoms with Crippen LogP contribution in [0.1, 0.15) is 23.4 Å². The molecule has 0 aliphatic carbocycles. The Labute approximate surface area is 126 Å². The van der Waals surface area contributed by atoms with Gasteiger partial charge in [0.25, 0.3) is 0 Å². The van der Waals surface area contributed by atoms with Crippen LogP contribution >= 0.6 is 22.9 Å². The van der Waals surface area contributed by atoms with Crippen LogP contribution in [0.3, 0.4) is 0 Å². The molecule has 8 heteroatoms. The van der Waals surface area contributed by atoms with Crippen molar-refractivity contribution in [1.29, 1.82) is 0 Å². The van der Waals surface area contributed by atoms with E-state index >= 15 is 0 Å². The predicted octanol–water partition coefficient (Wildman–Crippen LogP) is 2.23. The highest BCUT2D eigenvalue weighted by atomic mass is 35.5. The third-order valence-electron chi connectivity index (χ3n) is 3.00. The molecule has 1 aliphatic heterocycles. The number of anilines is 1. The van der Waals surface area contributed by atoms with Crippen molar-refractivity contribution < 1.29 is 14.3 Å². The van der Waals surface area contributed by atoms with Crippen LogP contribution in [0, 0.1) is 0 Å². The number of carbonyl (C=O) groups is 2. The van der Waals surface area contributed by atoms with Gasteiger partial charge in [0.05, 0.1) is 19.3 Å². The van der Waals surface area contributed by atoms with Gasteiger partial charge in [-0.25, -0.2) is 9.78 Å². The molecule has 0 fully saturated rings. The molecule has 0 radical (unpaired) electrons. The van der Waals surface area contributed by atoms with Gasteiger partial charge in [0.15, 0.2) is 5.13 Å². The van der Waals surface area contributed by atoms with E-state index in [4.69, 9.17) is 11.6 Å². The Morgan fingerprint density at radius 3 is 3.05 bits per heavy atom. The van der Waals surface area contributed by atoms with Crippen LogP contribution < -0.4 is 5.32 Å². The molecular weight excluding hydrogens is 302 g/mol. The number of nitrogens with one attached hydrogen (secondary N) is 1. The molecule has 2 rings (SSSR count). The van der Waals surface area contributed by atoms with Crippen LogP contribution in [-0.2, 0) is 22.5 Å². The number of amides is 2. The lowest BCUT2D eigenvalue weighted by Crippen LogP contribution is -2.35. The minimum Gasteiger partial charge on any atom is -0.453 e. The first-order valence-corrected chi connectivity index (χ1v) is 7.66. The van der Waals surface area contributed by atoms with Gasteiger partial charge in [-0.1, -0.05) is 11.3 Å². The summed E-state index contributed by atoms with van der Waals surface area (Å²) in [5.74, 6) is 0.616. The largest absolute Gasteiger partial charge is 0.453 e. The first kappa shape index (κ1) is 15.1. The molecule has 0 saturated carbocycles. The molecule has 0 bridgehead atoms. The lowest BCUT2D eigenvalue weighted by Gasteiger charge is -2.26. The number of halogens is 1. The number of carbonyl (C=O) groups excluding carboxylic acids is 2. The summed E-state index contributed by atoms with van der Waals surface area (Å²) in [4.78, 5) is 30.3. The van der Waals surface area contributed by atoms with E-state index in [1.54, 1.807) is 0 Å². The third kappa shape index (κ3) is 3.61. The van der Waals surface area contributed by atoms with Gasteiger partial charge in [-0.15, -0.1) is 11.6 Å². The number of hydrogen-bond acceptors (Lipinski definition) is 5. The molecule has 6 nitrogen and oxygen atoms in total. The standard InChI is InChI=1S/C12H16ClN3O3S/c1-19-12(18)15-11-14-8-4-6-16(7-9(8)20-11)10(17)3-2-5-13/h2-7H2,1H3,(H,14,15,18). The zero-order valence-electron chi connectivity index (χ0n) is 11.1. The van der Waals surface area contributed by atoms with Crippen LogP contribution in [-0.4, -0.2) is 41.4 Å². The molecule has 20 heavy (non-hydrogen) atoms. The maximum atomic E-state index is 12.0.